The van der Waals surface area contributed by atoms with E-state index in [2.05, 4.69) is 15.7 Å². The summed E-state index contributed by atoms with van der Waals surface area (Å²) in [7, 11) is 0. The highest BCUT2D eigenvalue weighted by Gasteiger charge is 2.31. The maximum absolute atomic E-state index is 12.9. The van der Waals surface area contributed by atoms with Crippen molar-refractivity contribution in [2.45, 2.75) is 51.2 Å². The molecular formula is C25H25F3N4O3. The van der Waals surface area contributed by atoms with E-state index in [0.717, 1.165) is 43.2 Å². The predicted molar refractivity (Wildman–Crippen MR) is 124 cm³/mol. The lowest BCUT2D eigenvalue weighted by Crippen LogP contribution is -2.36. The molecular weight excluding hydrogens is 461 g/mol. The van der Waals surface area contributed by atoms with Crippen molar-refractivity contribution in [1.82, 2.24) is 15.1 Å². The first kappa shape index (κ1) is 24.3. The average molecular weight is 486 g/mol. The molecule has 0 atom stereocenters. The fraction of sp³-hybridized carbons (Fsp3) is 0.320. The van der Waals surface area contributed by atoms with Crippen LogP contribution in [0.5, 0.6) is 5.75 Å². The molecule has 0 radical (unpaired) electrons. The third kappa shape index (κ3) is 5.31. The number of aromatic hydroxyl groups is 1. The number of aromatic nitrogens is 2. The first-order chi connectivity index (χ1) is 16.5. The van der Waals surface area contributed by atoms with Crippen LogP contribution in [0.15, 0.2) is 48.5 Å². The first-order valence-corrected chi connectivity index (χ1v) is 11.3. The number of nitrogens with zero attached hydrogens (tertiary/aromatic N) is 2. The highest BCUT2D eigenvalue weighted by Crippen LogP contribution is 2.39. The monoisotopic (exact) mass is 486 g/mol. The van der Waals surface area contributed by atoms with Crippen LogP contribution in [-0.4, -0.2) is 32.9 Å². The van der Waals surface area contributed by atoms with Gasteiger partial charge in [0.2, 0.25) is 0 Å². The van der Waals surface area contributed by atoms with E-state index in [4.69, 9.17) is 0 Å². The van der Waals surface area contributed by atoms with Gasteiger partial charge >= 0.3 is 12.2 Å². The van der Waals surface area contributed by atoms with Gasteiger partial charge in [0.15, 0.2) is 0 Å². The summed E-state index contributed by atoms with van der Waals surface area (Å²) in [5.74, 6) is -0.728. The summed E-state index contributed by atoms with van der Waals surface area (Å²) in [6.07, 6.45) is -1.59. The molecule has 1 saturated carbocycles. The Morgan fingerprint density at radius 2 is 1.86 bits per heavy atom. The minimum Gasteiger partial charge on any atom is -0.507 e. The van der Waals surface area contributed by atoms with Crippen molar-refractivity contribution >= 4 is 17.6 Å². The maximum Gasteiger partial charge on any atom is 0.416 e. The zero-order valence-corrected chi connectivity index (χ0v) is 19.2. The van der Waals surface area contributed by atoms with Crippen LogP contribution < -0.4 is 10.6 Å². The fourth-order valence-electron chi connectivity index (χ4n) is 3.86. The number of rotatable bonds is 5. The molecule has 0 aliphatic heterocycles. The van der Waals surface area contributed by atoms with Gasteiger partial charge in [-0.1, -0.05) is 12.5 Å². The van der Waals surface area contributed by atoms with Gasteiger partial charge in [-0.25, -0.2) is 4.79 Å². The first-order valence-electron chi connectivity index (χ1n) is 11.3. The van der Waals surface area contributed by atoms with E-state index in [1.54, 1.807) is 6.07 Å². The summed E-state index contributed by atoms with van der Waals surface area (Å²) < 4.78 is 40.1. The lowest BCUT2D eigenvalue weighted by molar-refractivity contribution is -0.137. The van der Waals surface area contributed by atoms with Crippen LogP contribution in [0.2, 0.25) is 0 Å². The van der Waals surface area contributed by atoms with Gasteiger partial charge in [0, 0.05) is 34.8 Å². The number of carbonyl (C=O) groups is 2. The van der Waals surface area contributed by atoms with E-state index in [1.807, 2.05) is 13.8 Å². The minimum atomic E-state index is -4.57. The second kappa shape index (κ2) is 9.44. The minimum absolute atomic E-state index is 0.0717. The van der Waals surface area contributed by atoms with Crippen molar-refractivity contribution in [1.29, 1.82) is 0 Å². The Morgan fingerprint density at radius 3 is 2.46 bits per heavy atom. The largest absolute Gasteiger partial charge is 0.507 e. The van der Waals surface area contributed by atoms with Crippen molar-refractivity contribution < 1.29 is 27.9 Å². The van der Waals surface area contributed by atoms with E-state index in [-0.39, 0.29) is 35.0 Å². The van der Waals surface area contributed by atoms with Crippen LogP contribution in [0.3, 0.4) is 0 Å². The van der Waals surface area contributed by atoms with E-state index < -0.39 is 17.6 Å². The number of nitrogens with one attached hydrogen (secondary N) is 2. The van der Waals surface area contributed by atoms with Gasteiger partial charge in [0.25, 0.3) is 5.91 Å². The Labute approximate surface area is 200 Å². The predicted octanol–water partition coefficient (Wildman–Crippen LogP) is 5.76. The van der Waals surface area contributed by atoms with Crippen molar-refractivity contribution in [2.75, 3.05) is 5.32 Å². The number of alkyl halides is 3. The molecule has 7 nitrogen and oxygen atoms in total. The number of phenols is 1. The van der Waals surface area contributed by atoms with Crippen molar-refractivity contribution in [3.05, 3.63) is 65.4 Å². The summed E-state index contributed by atoms with van der Waals surface area (Å²) in [6.45, 7) is 3.70. The van der Waals surface area contributed by atoms with Gasteiger partial charge in [-0.2, -0.15) is 23.0 Å². The number of phenolic OH excluding ortho intramolecular Hbond substituents is 1. The van der Waals surface area contributed by atoms with Crippen LogP contribution in [0, 0.1) is 0 Å². The topological polar surface area (TPSA) is 96.3 Å². The van der Waals surface area contributed by atoms with Gasteiger partial charge in [-0.15, -0.1) is 0 Å². The van der Waals surface area contributed by atoms with Gasteiger partial charge in [0.05, 0.1) is 17.0 Å². The molecule has 0 unspecified atom stereocenters. The van der Waals surface area contributed by atoms with Crippen LogP contribution in [0.4, 0.5) is 23.7 Å². The van der Waals surface area contributed by atoms with Crippen molar-refractivity contribution in [2.24, 2.45) is 0 Å². The molecule has 1 aromatic heterocycles. The van der Waals surface area contributed by atoms with Crippen molar-refractivity contribution in [3.63, 3.8) is 0 Å². The lowest BCUT2D eigenvalue weighted by atomic mass is 9.82. The average Bonchev–Trinajstić information content (AvgIpc) is 3.16. The third-order valence-electron chi connectivity index (χ3n) is 5.85. The molecule has 1 aliphatic rings. The Kier molecular flexibility index (Phi) is 6.56. The number of benzene rings is 2. The molecule has 3 aromatic rings. The Hall–Kier alpha value is -3.82. The zero-order chi connectivity index (χ0) is 25.3. The second-order valence-electron chi connectivity index (χ2n) is 8.86. The zero-order valence-electron chi connectivity index (χ0n) is 19.2. The molecule has 0 bridgehead atoms. The lowest BCUT2D eigenvalue weighted by Gasteiger charge is -2.25. The third-order valence-corrected chi connectivity index (χ3v) is 5.85. The van der Waals surface area contributed by atoms with Gasteiger partial charge in [-0.3, -0.25) is 4.79 Å². The molecule has 2 amide bonds. The molecule has 35 heavy (non-hydrogen) atoms. The van der Waals surface area contributed by atoms with E-state index in [1.165, 1.54) is 28.9 Å². The smallest absolute Gasteiger partial charge is 0.416 e. The molecule has 0 spiro atoms. The molecule has 1 aliphatic carbocycles. The fourth-order valence-corrected chi connectivity index (χ4v) is 3.86. The quantitative estimate of drug-likeness (QED) is 0.427. The van der Waals surface area contributed by atoms with E-state index in [0.29, 0.717) is 11.3 Å². The van der Waals surface area contributed by atoms with Gasteiger partial charge in [0.1, 0.15) is 5.75 Å². The SMILES string of the molecule is CC(C)NC(=O)n1nc(-c2ccc(NC(=O)c3cccc(C(F)(F)F)c3)cc2O)cc1C1CCC1. The van der Waals surface area contributed by atoms with Crippen molar-refractivity contribution in [3.8, 4) is 17.0 Å². The number of amides is 2. The van der Waals surface area contributed by atoms with E-state index in [9.17, 15) is 27.9 Å². The highest BCUT2D eigenvalue weighted by molar-refractivity contribution is 6.04. The summed E-state index contributed by atoms with van der Waals surface area (Å²) in [6, 6.07) is 9.77. The highest BCUT2D eigenvalue weighted by atomic mass is 19.4. The number of halogens is 3. The van der Waals surface area contributed by atoms with Crippen LogP contribution in [-0.2, 0) is 6.18 Å². The maximum atomic E-state index is 12.9. The molecule has 1 fully saturated rings. The Balaban J connectivity index is 1.57. The summed E-state index contributed by atoms with van der Waals surface area (Å²) >= 11 is 0. The summed E-state index contributed by atoms with van der Waals surface area (Å²) in [5, 5.41) is 20.4. The molecule has 0 saturated heterocycles. The van der Waals surface area contributed by atoms with Crippen LogP contribution in [0.1, 0.15) is 60.6 Å². The Bertz CT molecular complexity index is 1260. The summed E-state index contributed by atoms with van der Waals surface area (Å²) in [5.41, 5.74) is 0.638. The van der Waals surface area contributed by atoms with Crippen LogP contribution in [0.25, 0.3) is 11.3 Å². The molecule has 1 heterocycles. The van der Waals surface area contributed by atoms with Crippen LogP contribution >= 0.6 is 0 Å². The Morgan fingerprint density at radius 1 is 1.11 bits per heavy atom. The van der Waals surface area contributed by atoms with Gasteiger partial charge in [-0.05, 0) is 63.1 Å². The number of hydrogen-bond acceptors (Lipinski definition) is 4. The number of anilines is 1. The number of hydrogen-bond donors (Lipinski definition) is 3. The molecule has 184 valence electrons. The summed E-state index contributed by atoms with van der Waals surface area (Å²) in [4.78, 5) is 25.1. The van der Waals surface area contributed by atoms with Gasteiger partial charge < -0.3 is 15.7 Å². The normalized spacial score (nSPS) is 14.0. The standard InChI is InChI=1S/C25H25F3N4O3/c1-14(2)29-24(35)32-21(15-5-3-6-15)13-20(31-32)19-10-9-18(12-22(19)33)30-23(34)16-7-4-8-17(11-16)25(26,27)28/h4,7-15,33H,3,5-6H2,1-2H3,(H,29,35)(H,30,34). The molecule has 10 heteroatoms. The van der Waals surface area contributed by atoms with E-state index >= 15 is 0 Å². The second-order valence-corrected chi connectivity index (χ2v) is 8.86. The molecule has 4 rings (SSSR count). The molecule has 2 aromatic carbocycles. The molecule has 3 N–H and O–H groups in total. The number of carbonyl (C=O) groups excluding carboxylic acids is 2.